The second-order valence-corrected chi connectivity index (χ2v) is 4.79. The summed E-state index contributed by atoms with van der Waals surface area (Å²) in [6, 6.07) is 6.43. The fourth-order valence-electron chi connectivity index (χ4n) is 1.72. The summed E-state index contributed by atoms with van der Waals surface area (Å²) in [5.41, 5.74) is 1.01. The highest BCUT2D eigenvalue weighted by atomic mass is 16.6. The normalized spacial score (nSPS) is 11.3. The maximum Gasteiger partial charge on any atom is 0.269 e. The topological polar surface area (TPSA) is 88.8 Å². The molecule has 7 heteroatoms. The molecular formula is C15H24N4O3. The van der Waals surface area contributed by atoms with Gasteiger partial charge in [0.1, 0.15) is 0 Å². The molecule has 1 rings (SSSR count). The first-order chi connectivity index (χ1) is 10.7. The van der Waals surface area contributed by atoms with Gasteiger partial charge in [-0.25, -0.2) is 4.99 Å². The van der Waals surface area contributed by atoms with E-state index in [1.54, 1.807) is 19.2 Å². The van der Waals surface area contributed by atoms with Crippen molar-refractivity contribution < 1.29 is 9.66 Å². The molecule has 2 N–H and O–H groups in total. The van der Waals surface area contributed by atoms with Crippen LogP contribution in [0.2, 0.25) is 0 Å². The molecule has 122 valence electrons. The number of aliphatic imine (C=N–C) groups is 1. The van der Waals surface area contributed by atoms with Crippen LogP contribution in [-0.4, -0.2) is 37.7 Å². The van der Waals surface area contributed by atoms with Crippen LogP contribution in [0.25, 0.3) is 0 Å². The monoisotopic (exact) mass is 308 g/mol. The Morgan fingerprint density at radius 2 is 1.95 bits per heavy atom. The largest absolute Gasteiger partial charge is 0.383 e. The van der Waals surface area contributed by atoms with Crippen LogP contribution in [-0.2, 0) is 11.3 Å². The molecule has 1 aromatic rings. The Morgan fingerprint density at radius 3 is 2.55 bits per heavy atom. The Labute approximate surface area is 130 Å². The lowest BCUT2D eigenvalue weighted by Gasteiger charge is -2.12. The van der Waals surface area contributed by atoms with Crippen molar-refractivity contribution in [1.82, 2.24) is 10.6 Å². The van der Waals surface area contributed by atoms with Crippen molar-refractivity contribution in [2.45, 2.75) is 26.3 Å². The number of nitrogens with one attached hydrogen (secondary N) is 2. The zero-order valence-electron chi connectivity index (χ0n) is 13.2. The Hall–Kier alpha value is -2.15. The van der Waals surface area contributed by atoms with Crippen molar-refractivity contribution in [3.63, 3.8) is 0 Å². The lowest BCUT2D eigenvalue weighted by atomic mass is 10.2. The molecule has 1 aromatic carbocycles. The third kappa shape index (κ3) is 7.03. The summed E-state index contributed by atoms with van der Waals surface area (Å²) in [5.74, 6) is 0.726. The van der Waals surface area contributed by atoms with E-state index < -0.39 is 4.92 Å². The van der Waals surface area contributed by atoms with E-state index >= 15 is 0 Å². The van der Waals surface area contributed by atoms with Gasteiger partial charge in [0.2, 0.25) is 0 Å². The SMILES string of the molecule is CCCCNC(=NCc1ccc([N+](=O)[O-])cc1)NCCOC. The number of hydrogen-bond acceptors (Lipinski definition) is 4. The molecule has 0 heterocycles. The molecule has 0 atom stereocenters. The molecular weight excluding hydrogens is 284 g/mol. The van der Waals surface area contributed by atoms with Crippen LogP contribution < -0.4 is 10.6 Å². The second-order valence-electron chi connectivity index (χ2n) is 4.79. The number of rotatable bonds is 9. The van der Waals surface area contributed by atoms with Crippen LogP contribution in [0.5, 0.6) is 0 Å². The van der Waals surface area contributed by atoms with Crippen molar-refractivity contribution in [2.24, 2.45) is 4.99 Å². The lowest BCUT2D eigenvalue weighted by molar-refractivity contribution is -0.384. The molecule has 7 nitrogen and oxygen atoms in total. The first-order valence-electron chi connectivity index (χ1n) is 7.41. The molecule has 0 spiro atoms. The van der Waals surface area contributed by atoms with Gasteiger partial charge < -0.3 is 15.4 Å². The van der Waals surface area contributed by atoms with Crippen LogP contribution in [0.4, 0.5) is 5.69 Å². The third-order valence-corrected chi connectivity index (χ3v) is 2.99. The summed E-state index contributed by atoms with van der Waals surface area (Å²) in [6.07, 6.45) is 2.18. The smallest absolute Gasteiger partial charge is 0.269 e. The highest BCUT2D eigenvalue weighted by Gasteiger charge is 2.04. The molecule has 0 saturated carbocycles. The molecule has 0 fully saturated rings. The van der Waals surface area contributed by atoms with Gasteiger partial charge in [-0.05, 0) is 12.0 Å². The first kappa shape index (κ1) is 17.9. The predicted molar refractivity (Wildman–Crippen MR) is 87.0 cm³/mol. The summed E-state index contributed by atoms with van der Waals surface area (Å²) in [5, 5.41) is 17.1. The van der Waals surface area contributed by atoms with Crippen LogP contribution in [0.15, 0.2) is 29.3 Å². The van der Waals surface area contributed by atoms with Gasteiger partial charge in [0.25, 0.3) is 5.69 Å². The van der Waals surface area contributed by atoms with Crippen molar-refractivity contribution in [2.75, 3.05) is 26.8 Å². The summed E-state index contributed by atoms with van der Waals surface area (Å²) >= 11 is 0. The van der Waals surface area contributed by atoms with Crippen molar-refractivity contribution >= 4 is 11.6 Å². The quantitative estimate of drug-likeness (QED) is 0.240. The summed E-state index contributed by atoms with van der Waals surface area (Å²) < 4.78 is 5.01. The number of guanidine groups is 1. The highest BCUT2D eigenvalue weighted by molar-refractivity contribution is 5.79. The maximum absolute atomic E-state index is 10.6. The third-order valence-electron chi connectivity index (χ3n) is 2.99. The van der Waals surface area contributed by atoms with Crippen molar-refractivity contribution in [3.8, 4) is 0 Å². The molecule has 22 heavy (non-hydrogen) atoms. The molecule has 0 saturated heterocycles. The van der Waals surface area contributed by atoms with E-state index in [1.807, 2.05) is 0 Å². The number of methoxy groups -OCH3 is 1. The van der Waals surface area contributed by atoms with Gasteiger partial charge in [0.15, 0.2) is 5.96 Å². The van der Waals surface area contributed by atoms with E-state index in [4.69, 9.17) is 4.74 Å². The standard InChI is InChI=1S/C15H24N4O3/c1-3-4-9-16-15(17-10-11-22-2)18-12-13-5-7-14(8-6-13)19(20)21/h5-8H,3-4,9-12H2,1-2H3,(H2,16,17,18). The van der Waals surface area contributed by atoms with E-state index in [-0.39, 0.29) is 5.69 Å². The van der Waals surface area contributed by atoms with E-state index in [9.17, 15) is 10.1 Å². The molecule has 0 amide bonds. The lowest BCUT2D eigenvalue weighted by Crippen LogP contribution is -2.39. The van der Waals surface area contributed by atoms with E-state index in [2.05, 4.69) is 22.5 Å². The van der Waals surface area contributed by atoms with Gasteiger partial charge in [-0.1, -0.05) is 25.5 Å². The zero-order chi connectivity index (χ0) is 16.2. The van der Waals surface area contributed by atoms with Crippen molar-refractivity contribution in [3.05, 3.63) is 39.9 Å². The summed E-state index contributed by atoms with van der Waals surface area (Å²) in [7, 11) is 1.65. The number of nitro groups is 1. The van der Waals surface area contributed by atoms with Crippen LogP contribution in [0.1, 0.15) is 25.3 Å². The van der Waals surface area contributed by atoms with E-state index in [0.29, 0.717) is 19.7 Å². The molecule has 0 radical (unpaired) electrons. The molecule has 0 unspecified atom stereocenters. The Bertz CT molecular complexity index is 462. The fourth-order valence-corrected chi connectivity index (χ4v) is 1.72. The number of non-ortho nitro benzene ring substituents is 1. The van der Waals surface area contributed by atoms with Crippen molar-refractivity contribution in [1.29, 1.82) is 0 Å². The maximum atomic E-state index is 10.6. The first-order valence-corrected chi connectivity index (χ1v) is 7.41. The molecule has 0 aliphatic heterocycles. The number of benzene rings is 1. The van der Waals surface area contributed by atoms with Gasteiger partial charge in [-0.15, -0.1) is 0 Å². The van der Waals surface area contributed by atoms with Crippen LogP contribution >= 0.6 is 0 Å². The number of nitro benzene ring substituents is 1. The second kappa shape index (κ2) is 10.6. The number of nitrogens with zero attached hydrogens (tertiary/aromatic N) is 2. The minimum atomic E-state index is -0.406. The van der Waals surface area contributed by atoms with Crippen LogP contribution in [0, 0.1) is 10.1 Å². The Kier molecular flexibility index (Phi) is 8.59. The van der Waals surface area contributed by atoms with E-state index in [0.717, 1.165) is 30.9 Å². The Morgan fingerprint density at radius 1 is 1.27 bits per heavy atom. The highest BCUT2D eigenvalue weighted by Crippen LogP contribution is 2.12. The van der Waals surface area contributed by atoms with Gasteiger partial charge >= 0.3 is 0 Å². The van der Waals surface area contributed by atoms with Gasteiger partial charge in [-0.3, -0.25) is 10.1 Å². The average Bonchev–Trinajstić information content (AvgIpc) is 2.53. The predicted octanol–water partition coefficient (Wildman–Crippen LogP) is 2.08. The Balaban J connectivity index is 2.58. The molecule has 0 aliphatic carbocycles. The van der Waals surface area contributed by atoms with Gasteiger partial charge in [-0.2, -0.15) is 0 Å². The van der Waals surface area contributed by atoms with Crippen LogP contribution in [0.3, 0.4) is 0 Å². The molecule has 0 aromatic heterocycles. The number of ether oxygens (including phenoxy) is 1. The van der Waals surface area contributed by atoms with E-state index in [1.165, 1.54) is 12.1 Å². The molecule has 0 aliphatic rings. The minimum absolute atomic E-state index is 0.0900. The minimum Gasteiger partial charge on any atom is -0.383 e. The summed E-state index contributed by atoms with van der Waals surface area (Å²) in [6.45, 7) is 4.73. The molecule has 0 bridgehead atoms. The number of unbranched alkanes of at least 4 members (excludes halogenated alkanes) is 1. The fraction of sp³-hybridized carbons (Fsp3) is 0.533. The van der Waals surface area contributed by atoms with Gasteiger partial charge in [0.05, 0.1) is 18.1 Å². The summed E-state index contributed by atoms with van der Waals surface area (Å²) in [4.78, 5) is 14.7. The van der Waals surface area contributed by atoms with Gasteiger partial charge in [0, 0.05) is 32.3 Å². The zero-order valence-corrected chi connectivity index (χ0v) is 13.2. The average molecular weight is 308 g/mol. The number of hydrogen-bond donors (Lipinski definition) is 2.